The van der Waals surface area contributed by atoms with E-state index in [9.17, 15) is 8.78 Å². The van der Waals surface area contributed by atoms with Crippen LogP contribution >= 0.6 is 11.8 Å². The molecule has 5 heteroatoms. The highest BCUT2D eigenvalue weighted by atomic mass is 32.2. The van der Waals surface area contributed by atoms with Crippen molar-refractivity contribution in [3.8, 4) is 0 Å². The highest BCUT2D eigenvalue weighted by Gasteiger charge is 2.09. The van der Waals surface area contributed by atoms with E-state index in [0.717, 1.165) is 11.1 Å². The predicted molar refractivity (Wildman–Crippen MR) is 85.8 cm³/mol. The quantitative estimate of drug-likeness (QED) is 0.787. The Kier molecular flexibility index (Phi) is 5.94. The summed E-state index contributed by atoms with van der Waals surface area (Å²) < 4.78 is 27.1. The summed E-state index contributed by atoms with van der Waals surface area (Å²) >= 11 is 1.38. The molecule has 0 spiro atoms. The molecule has 0 radical (unpaired) electrons. The van der Waals surface area contributed by atoms with Crippen LogP contribution in [0.5, 0.6) is 0 Å². The fraction of sp³-hybridized carbons (Fsp3) is 0.294. The standard InChI is InChI=1S/C17H19F2NOS/c1-11(13-4-6-17(22-2)16(19)8-13)20-9-12-3-5-15(18)14(7-12)10-21/h3-8,11,20-21H,9-10H2,1-2H3. The summed E-state index contributed by atoms with van der Waals surface area (Å²) in [5.41, 5.74) is 2.01. The minimum atomic E-state index is -0.408. The van der Waals surface area contributed by atoms with Gasteiger partial charge in [-0.1, -0.05) is 12.1 Å². The van der Waals surface area contributed by atoms with Crippen molar-refractivity contribution >= 4 is 11.8 Å². The SMILES string of the molecule is CSc1ccc(C(C)NCc2ccc(F)c(CO)c2)cc1F. The third kappa shape index (κ3) is 4.06. The molecule has 0 bridgehead atoms. The van der Waals surface area contributed by atoms with Crippen molar-refractivity contribution in [3.63, 3.8) is 0 Å². The van der Waals surface area contributed by atoms with E-state index < -0.39 is 5.82 Å². The Morgan fingerprint density at radius 2 is 1.91 bits per heavy atom. The molecule has 2 aromatic rings. The first-order valence-corrected chi connectivity index (χ1v) is 8.22. The van der Waals surface area contributed by atoms with Crippen LogP contribution < -0.4 is 5.32 Å². The number of halogens is 2. The first-order valence-electron chi connectivity index (χ1n) is 7.00. The summed E-state index contributed by atoms with van der Waals surface area (Å²) in [5.74, 6) is -0.628. The van der Waals surface area contributed by atoms with Gasteiger partial charge in [0.2, 0.25) is 0 Å². The highest BCUT2D eigenvalue weighted by molar-refractivity contribution is 7.98. The van der Waals surface area contributed by atoms with Crippen molar-refractivity contribution in [1.82, 2.24) is 5.32 Å². The van der Waals surface area contributed by atoms with Gasteiger partial charge >= 0.3 is 0 Å². The number of hydrogen-bond acceptors (Lipinski definition) is 3. The average molecular weight is 323 g/mol. The van der Waals surface area contributed by atoms with Gasteiger partial charge in [-0.25, -0.2) is 8.78 Å². The fourth-order valence-electron chi connectivity index (χ4n) is 2.20. The lowest BCUT2D eigenvalue weighted by molar-refractivity contribution is 0.275. The largest absolute Gasteiger partial charge is 0.392 e. The molecule has 0 heterocycles. The van der Waals surface area contributed by atoms with E-state index in [-0.39, 0.29) is 24.0 Å². The van der Waals surface area contributed by atoms with Crippen LogP contribution in [0.4, 0.5) is 8.78 Å². The van der Waals surface area contributed by atoms with Gasteiger partial charge in [0, 0.05) is 23.0 Å². The van der Waals surface area contributed by atoms with Crippen LogP contribution in [0.15, 0.2) is 41.3 Å². The Morgan fingerprint density at radius 3 is 2.55 bits per heavy atom. The van der Waals surface area contributed by atoms with E-state index >= 15 is 0 Å². The van der Waals surface area contributed by atoms with Gasteiger partial charge in [0.1, 0.15) is 11.6 Å². The van der Waals surface area contributed by atoms with Gasteiger partial charge in [-0.3, -0.25) is 0 Å². The normalized spacial score (nSPS) is 12.4. The molecule has 0 aliphatic carbocycles. The molecule has 2 rings (SSSR count). The number of hydrogen-bond donors (Lipinski definition) is 2. The van der Waals surface area contributed by atoms with Crippen molar-refractivity contribution in [3.05, 3.63) is 64.7 Å². The van der Waals surface area contributed by atoms with Gasteiger partial charge in [-0.05, 0) is 48.6 Å². The van der Waals surface area contributed by atoms with Crippen LogP contribution in [0.2, 0.25) is 0 Å². The van der Waals surface area contributed by atoms with Crippen LogP contribution in [0.3, 0.4) is 0 Å². The molecule has 1 atom stereocenters. The van der Waals surface area contributed by atoms with E-state index in [2.05, 4.69) is 5.32 Å². The molecule has 22 heavy (non-hydrogen) atoms. The second-order valence-corrected chi connectivity index (χ2v) is 5.93. The molecule has 2 nitrogen and oxygen atoms in total. The first kappa shape index (κ1) is 16.9. The minimum Gasteiger partial charge on any atom is -0.392 e. The molecular weight excluding hydrogens is 304 g/mol. The molecule has 0 aliphatic heterocycles. The van der Waals surface area contributed by atoms with Crippen LogP contribution in [0.25, 0.3) is 0 Å². The zero-order valence-electron chi connectivity index (χ0n) is 12.6. The molecule has 1 unspecified atom stereocenters. The molecule has 0 amide bonds. The first-order chi connectivity index (χ1) is 10.5. The Bertz CT molecular complexity index is 649. The molecule has 0 saturated heterocycles. The number of rotatable bonds is 6. The Morgan fingerprint density at radius 1 is 1.14 bits per heavy atom. The van der Waals surface area contributed by atoms with Gasteiger partial charge in [0.05, 0.1) is 6.61 Å². The van der Waals surface area contributed by atoms with Crippen molar-refractivity contribution in [2.24, 2.45) is 0 Å². The number of benzene rings is 2. The van der Waals surface area contributed by atoms with Crippen molar-refractivity contribution in [2.45, 2.75) is 31.0 Å². The summed E-state index contributed by atoms with van der Waals surface area (Å²) in [5, 5.41) is 12.3. The predicted octanol–water partition coefficient (Wildman–Crippen LogP) is 4.03. The third-order valence-corrected chi connectivity index (χ3v) is 4.34. The zero-order chi connectivity index (χ0) is 16.1. The van der Waals surface area contributed by atoms with E-state index in [1.165, 1.54) is 23.9 Å². The summed E-state index contributed by atoms with van der Waals surface area (Å²) in [6, 6.07) is 9.82. The topological polar surface area (TPSA) is 32.3 Å². The lowest BCUT2D eigenvalue weighted by atomic mass is 10.1. The molecule has 118 valence electrons. The number of aliphatic hydroxyl groups excluding tert-OH is 1. The number of nitrogens with one attached hydrogen (secondary N) is 1. The van der Waals surface area contributed by atoms with E-state index in [0.29, 0.717) is 11.4 Å². The smallest absolute Gasteiger partial charge is 0.137 e. The molecular formula is C17H19F2NOS. The number of aliphatic hydroxyl groups is 1. The van der Waals surface area contributed by atoms with Crippen molar-refractivity contribution < 1.29 is 13.9 Å². The molecule has 0 fully saturated rings. The second-order valence-electron chi connectivity index (χ2n) is 5.08. The molecule has 0 aromatic heterocycles. The third-order valence-electron chi connectivity index (χ3n) is 3.57. The molecule has 0 saturated carbocycles. The van der Waals surface area contributed by atoms with Crippen LogP contribution in [-0.4, -0.2) is 11.4 Å². The van der Waals surface area contributed by atoms with Crippen molar-refractivity contribution in [1.29, 1.82) is 0 Å². The van der Waals surface area contributed by atoms with Gasteiger partial charge in [-0.2, -0.15) is 0 Å². The summed E-state index contributed by atoms with van der Waals surface area (Å²) in [6.45, 7) is 2.14. The Labute approximate surface area is 133 Å². The lowest BCUT2D eigenvalue weighted by Gasteiger charge is -2.15. The molecule has 2 N–H and O–H groups in total. The van der Waals surface area contributed by atoms with Crippen LogP contribution in [-0.2, 0) is 13.2 Å². The summed E-state index contributed by atoms with van der Waals surface area (Å²) in [7, 11) is 0. The maximum absolute atomic E-state index is 13.8. The van der Waals surface area contributed by atoms with Gasteiger partial charge < -0.3 is 10.4 Å². The molecule has 2 aromatic carbocycles. The maximum Gasteiger partial charge on any atom is 0.137 e. The average Bonchev–Trinajstić information content (AvgIpc) is 2.53. The Balaban J connectivity index is 2.03. The Hall–Kier alpha value is -1.43. The highest BCUT2D eigenvalue weighted by Crippen LogP contribution is 2.23. The van der Waals surface area contributed by atoms with Crippen LogP contribution in [0, 0.1) is 11.6 Å². The van der Waals surface area contributed by atoms with Crippen molar-refractivity contribution in [2.75, 3.05) is 6.26 Å². The monoisotopic (exact) mass is 323 g/mol. The fourth-order valence-corrected chi connectivity index (χ4v) is 2.66. The lowest BCUT2D eigenvalue weighted by Crippen LogP contribution is -2.18. The summed E-state index contributed by atoms with van der Waals surface area (Å²) in [6.07, 6.45) is 1.84. The van der Waals surface area contributed by atoms with Gasteiger partial charge in [-0.15, -0.1) is 11.8 Å². The molecule has 0 aliphatic rings. The minimum absolute atomic E-state index is 0.0342. The maximum atomic E-state index is 13.8. The van der Waals surface area contributed by atoms with Gasteiger partial charge in [0.25, 0.3) is 0 Å². The number of thioether (sulfide) groups is 1. The van der Waals surface area contributed by atoms with E-state index in [1.54, 1.807) is 18.2 Å². The second kappa shape index (κ2) is 7.72. The van der Waals surface area contributed by atoms with E-state index in [4.69, 9.17) is 5.11 Å². The van der Waals surface area contributed by atoms with E-state index in [1.807, 2.05) is 19.2 Å². The zero-order valence-corrected chi connectivity index (χ0v) is 13.4. The van der Waals surface area contributed by atoms with Crippen LogP contribution in [0.1, 0.15) is 29.7 Å². The summed E-state index contributed by atoms with van der Waals surface area (Å²) in [4.78, 5) is 0.627. The van der Waals surface area contributed by atoms with Gasteiger partial charge in [0.15, 0.2) is 0 Å².